The number of amides is 1. The van der Waals surface area contributed by atoms with Crippen molar-refractivity contribution >= 4 is 21.6 Å². The summed E-state index contributed by atoms with van der Waals surface area (Å²) < 4.78 is 32.3. The van der Waals surface area contributed by atoms with Crippen molar-refractivity contribution in [3.63, 3.8) is 0 Å². The molecule has 0 aliphatic carbocycles. The van der Waals surface area contributed by atoms with Crippen molar-refractivity contribution in [1.82, 2.24) is 4.31 Å². The number of aryl methyl sites for hydroxylation is 1. The van der Waals surface area contributed by atoms with E-state index in [9.17, 15) is 13.2 Å². The van der Waals surface area contributed by atoms with E-state index in [4.69, 9.17) is 4.74 Å². The Morgan fingerprint density at radius 3 is 2.62 bits per heavy atom. The van der Waals surface area contributed by atoms with Gasteiger partial charge in [-0.3, -0.25) is 4.79 Å². The quantitative estimate of drug-likeness (QED) is 0.873. The lowest BCUT2D eigenvalue weighted by Crippen LogP contribution is -2.43. The number of ether oxygens (including phenoxy) is 1. The second-order valence-electron chi connectivity index (χ2n) is 6.31. The van der Waals surface area contributed by atoms with E-state index in [0.29, 0.717) is 30.8 Å². The highest BCUT2D eigenvalue weighted by atomic mass is 32.2. The van der Waals surface area contributed by atoms with Crippen LogP contribution in [-0.2, 0) is 14.8 Å². The van der Waals surface area contributed by atoms with Gasteiger partial charge in [0.1, 0.15) is 11.8 Å². The molecule has 2 aromatic rings. The van der Waals surface area contributed by atoms with Gasteiger partial charge in [-0.1, -0.05) is 23.8 Å². The molecule has 7 heteroatoms. The summed E-state index contributed by atoms with van der Waals surface area (Å²) in [7, 11) is -2.16. The highest BCUT2D eigenvalue weighted by molar-refractivity contribution is 7.89. The van der Waals surface area contributed by atoms with E-state index in [2.05, 4.69) is 5.32 Å². The van der Waals surface area contributed by atoms with Gasteiger partial charge in [-0.25, -0.2) is 8.42 Å². The average Bonchev–Trinajstić information content (AvgIpc) is 3.13. The Morgan fingerprint density at radius 1 is 1.19 bits per heavy atom. The third kappa shape index (κ3) is 3.73. The Kier molecular flexibility index (Phi) is 5.29. The molecular formula is C19H22N2O4S. The summed E-state index contributed by atoms with van der Waals surface area (Å²) in [5.41, 5.74) is 1.56. The molecule has 1 heterocycles. The molecule has 138 valence electrons. The van der Waals surface area contributed by atoms with Crippen LogP contribution in [0.2, 0.25) is 0 Å². The summed E-state index contributed by atoms with van der Waals surface area (Å²) in [4.78, 5) is 12.9. The molecule has 1 aliphatic heterocycles. The molecule has 1 fully saturated rings. The lowest BCUT2D eigenvalue weighted by Gasteiger charge is -2.23. The highest BCUT2D eigenvalue weighted by Crippen LogP contribution is 2.27. The first-order valence-electron chi connectivity index (χ1n) is 8.45. The number of nitrogens with one attached hydrogen (secondary N) is 1. The number of carbonyl (C=O) groups excluding carboxylic acids is 1. The van der Waals surface area contributed by atoms with Crippen LogP contribution in [0.25, 0.3) is 0 Å². The Labute approximate surface area is 153 Å². The van der Waals surface area contributed by atoms with Crippen LogP contribution in [-0.4, -0.2) is 38.3 Å². The second-order valence-corrected chi connectivity index (χ2v) is 8.20. The molecule has 0 spiro atoms. The van der Waals surface area contributed by atoms with Crippen LogP contribution < -0.4 is 10.1 Å². The van der Waals surface area contributed by atoms with Crippen LogP contribution in [0.5, 0.6) is 5.75 Å². The van der Waals surface area contributed by atoms with Crippen LogP contribution in [0.3, 0.4) is 0 Å². The van der Waals surface area contributed by atoms with Crippen molar-refractivity contribution in [3.8, 4) is 5.75 Å². The van der Waals surface area contributed by atoms with Crippen LogP contribution in [0.4, 0.5) is 5.69 Å². The monoisotopic (exact) mass is 374 g/mol. The first kappa shape index (κ1) is 18.4. The van der Waals surface area contributed by atoms with Crippen molar-refractivity contribution in [2.24, 2.45) is 0 Å². The maximum atomic E-state index is 12.9. The van der Waals surface area contributed by atoms with E-state index in [1.165, 1.54) is 4.31 Å². The van der Waals surface area contributed by atoms with E-state index in [-0.39, 0.29) is 10.8 Å². The van der Waals surface area contributed by atoms with Gasteiger partial charge in [0.25, 0.3) is 0 Å². The maximum absolute atomic E-state index is 12.9. The fourth-order valence-electron chi connectivity index (χ4n) is 3.06. The summed E-state index contributed by atoms with van der Waals surface area (Å²) in [6.07, 6.45) is 1.15. The molecule has 0 aromatic heterocycles. The summed E-state index contributed by atoms with van der Waals surface area (Å²) in [6.45, 7) is 2.24. The lowest BCUT2D eigenvalue weighted by atomic mass is 10.2. The van der Waals surface area contributed by atoms with Crippen molar-refractivity contribution in [1.29, 1.82) is 0 Å². The molecule has 6 nitrogen and oxygen atoms in total. The standard InChI is InChI=1S/C19H22N2O4S/c1-14-8-10-17(11-9-14)26(23,24)21-12-4-7-18(21)19(22)20-15-5-3-6-16(13-15)25-2/h3,5-6,8-11,13,18H,4,7,12H2,1-2H3,(H,20,22). The Bertz CT molecular complexity index is 894. The summed E-state index contributed by atoms with van der Waals surface area (Å²) >= 11 is 0. The van der Waals surface area contributed by atoms with E-state index >= 15 is 0 Å². The van der Waals surface area contributed by atoms with E-state index in [1.807, 2.05) is 6.92 Å². The molecule has 1 unspecified atom stereocenters. The molecule has 0 bridgehead atoms. The lowest BCUT2D eigenvalue weighted by molar-refractivity contribution is -0.119. The van der Waals surface area contributed by atoms with Gasteiger partial charge >= 0.3 is 0 Å². The third-order valence-corrected chi connectivity index (χ3v) is 6.39. The van der Waals surface area contributed by atoms with Gasteiger partial charge in [-0.15, -0.1) is 0 Å². The number of methoxy groups -OCH3 is 1. The third-order valence-electron chi connectivity index (χ3n) is 4.47. The zero-order chi connectivity index (χ0) is 18.7. The zero-order valence-corrected chi connectivity index (χ0v) is 15.6. The molecule has 1 atom stereocenters. The number of hydrogen-bond acceptors (Lipinski definition) is 4. The van der Waals surface area contributed by atoms with E-state index in [1.54, 1.807) is 55.6 Å². The van der Waals surface area contributed by atoms with Gasteiger partial charge in [0.2, 0.25) is 15.9 Å². The van der Waals surface area contributed by atoms with Crippen molar-refractivity contribution in [3.05, 3.63) is 54.1 Å². The van der Waals surface area contributed by atoms with Gasteiger partial charge in [0.05, 0.1) is 12.0 Å². The Morgan fingerprint density at radius 2 is 1.92 bits per heavy atom. The number of hydrogen-bond donors (Lipinski definition) is 1. The Balaban J connectivity index is 1.80. The van der Waals surface area contributed by atoms with Crippen LogP contribution in [0.1, 0.15) is 18.4 Å². The van der Waals surface area contributed by atoms with Gasteiger partial charge in [0, 0.05) is 18.3 Å². The highest BCUT2D eigenvalue weighted by Gasteiger charge is 2.39. The molecule has 2 aromatic carbocycles. The normalized spacial score (nSPS) is 17.8. The van der Waals surface area contributed by atoms with Gasteiger partial charge in [-0.05, 0) is 44.0 Å². The minimum Gasteiger partial charge on any atom is -0.497 e. The number of anilines is 1. The number of rotatable bonds is 5. The topological polar surface area (TPSA) is 75.7 Å². The molecule has 1 N–H and O–H groups in total. The summed E-state index contributed by atoms with van der Waals surface area (Å²) in [5.74, 6) is 0.296. The first-order chi connectivity index (χ1) is 12.4. The van der Waals surface area contributed by atoms with Crippen molar-refractivity contribution < 1.29 is 17.9 Å². The van der Waals surface area contributed by atoms with Crippen molar-refractivity contribution in [2.75, 3.05) is 19.0 Å². The largest absolute Gasteiger partial charge is 0.497 e. The SMILES string of the molecule is COc1cccc(NC(=O)C2CCCN2S(=O)(=O)c2ccc(C)cc2)c1. The predicted octanol–water partition coefficient (Wildman–Crippen LogP) is 2.80. The van der Waals surface area contributed by atoms with E-state index < -0.39 is 16.1 Å². The fourth-order valence-corrected chi connectivity index (χ4v) is 4.72. The molecule has 26 heavy (non-hydrogen) atoms. The van der Waals surface area contributed by atoms with E-state index in [0.717, 1.165) is 5.56 Å². The molecular weight excluding hydrogens is 352 g/mol. The average molecular weight is 374 g/mol. The van der Waals surface area contributed by atoms with Gasteiger partial charge < -0.3 is 10.1 Å². The predicted molar refractivity (Wildman–Crippen MR) is 99.7 cm³/mol. The molecule has 1 amide bonds. The number of nitrogens with zero attached hydrogens (tertiary/aromatic N) is 1. The fraction of sp³-hybridized carbons (Fsp3) is 0.316. The molecule has 1 saturated heterocycles. The van der Waals surface area contributed by atoms with Crippen LogP contribution in [0, 0.1) is 6.92 Å². The van der Waals surface area contributed by atoms with Crippen molar-refractivity contribution in [2.45, 2.75) is 30.7 Å². The summed E-state index contributed by atoms with van der Waals surface area (Å²) in [6, 6.07) is 13.0. The zero-order valence-electron chi connectivity index (χ0n) is 14.8. The van der Waals surface area contributed by atoms with Crippen LogP contribution >= 0.6 is 0 Å². The first-order valence-corrected chi connectivity index (χ1v) is 9.89. The number of carbonyl (C=O) groups is 1. The minimum atomic E-state index is -3.71. The number of sulfonamides is 1. The smallest absolute Gasteiger partial charge is 0.243 e. The van der Waals surface area contributed by atoms with Crippen LogP contribution in [0.15, 0.2) is 53.4 Å². The molecule has 3 rings (SSSR count). The maximum Gasteiger partial charge on any atom is 0.243 e. The summed E-state index contributed by atoms with van der Waals surface area (Å²) in [5, 5.41) is 2.80. The second kappa shape index (κ2) is 7.47. The van der Waals surface area contributed by atoms with Gasteiger partial charge in [0.15, 0.2) is 0 Å². The minimum absolute atomic E-state index is 0.212. The molecule has 0 saturated carbocycles. The number of benzene rings is 2. The van der Waals surface area contributed by atoms with Gasteiger partial charge in [-0.2, -0.15) is 4.31 Å². The Hall–Kier alpha value is -2.38. The molecule has 0 radical (unpaired) electrons. The molecule has 1 aliphatic rings.